The highest BCUT2D eigenvalue weighted by Crippen LogP contribution is 2.42. The predicted molar refractivity (Wildman–Crippen MR) is 208 cm³/mol. The molecule has 1 saturated carbocycles. The number of nitrogens with one attached hydrogen (secondary N) is 2. The molecule has 11 heteroatoms. The van der Waals surface area contributed by atoms with Gasteiger partial charge in [-0.3, -0.25) is 9.59 Å². The van der Waals surface area contributed by atoms with E-state index in [1.807, 2.05) is 22.9 Å². The number of H-pyrrole nitrogens is 1. The number of rotatable bonds is 14. The molecule has 0 bridgehead atoms. The van der Waals surface area contributed by atoms with Crippen LogP contribution in [0.1, 0.15) is 94.1 Å². The third kappa shape index (κ3) is 8.01. The molecule has 0 spiro atoms. The lowest BCUT2D eigenvalue weighted by Crippen LogP contribution is -2.43. The van der Waals surface area contributed by atoms with Gasteiger partial charge in [0, 0.05) is 31.1 Å². The van der Waals surface area contributed by atoms with Crippen LogP contribution in [0.4, 0.5) is 0 Å². The molecule has 5 aromatic rings. The highest BCUT2D eigenvalue weighted by atomic mass is 28.4. The van der Waals surface area contributed by atoms with E-state index in [4.69, 9.17) is 4.43 Å². The van der Waals surface area contributed by atoms with Crippen molar-refractivity contribution < 1.29 is 19.4 Å². The van der Waals surface area contributed by atoms with Gasteiger partial charge in [0.1, 0.15) is 11.3 Å². The minimum atomic E-state index is -2.19. The first-order chi connectivity index (χ1) is 24.8. The van der Waals surface area contributed by atoms with Crippen molar-refractivity contribution in [3.05, 3.63) is 99.3 Å². The smallest absolute Gasteiger partial charge is 0.314 e. The summed E-state index contributed by atoms with van der Waals surface area (Å²) in [5.74, 6) is -0.657. The summed E-state index contributed by atoms with van der Waals surface area (Å²) in [6.07, 6.45) is 6.99. The number of phenolic OH excluding ortho intramolecular Hbond substituents is 1. The molecule has 0 unspecified atom stereocenters. The molecule has 276 valence electrons. The van der Waals surface area contributed by atoms with E-state index in [1.54, 1.807) is 12.1 Å². The van der Waals surface area contributed by atoms with Gasteiger partial charge in [-0.2, -0.15) is 0 Å². The Morgan fingerprint density at radius 2 is 1.81 bits per heavy atom. The van der Waals surface area contributed by atoms with Gasteiger partial charge in [-0.1, -0.05) is 81.6 Å². The Bertz CT molecular complexity index is 2090. The summed E-state index contributed by atoms with van der Waals surface area (Å²) in [6.45, 7) is 13.0. The number of aliphatic carboxylic acids is 1. The maximum Gasteiger partial charge on any atom is 0.314 e. The molecule has 1 fully saturated rings. The Balaban J connectivity index is 1.08. The zero-order chi connectivity index (χ0) is 37.1. The maximum atomic E-state index is 12.3. The van der Waals surface area contributed by atoms with Crippen molar-refractivity contribution >= 4 is 36.2 Å². The number of pyridine rings is 1. The second-order valence-electron chi connectivity index (χ2n) is 16.0. The first-order valence-electron chi connectivity index (χ1n) is 18.7. The molecular weight excluding hydrogens is 671 g/mol. The average Bonchev–Trinajstić information content (AvgIpc) is 3.52. The lowest BCUT2D eigenvalue weighted by atomic mass is 9.69. The molecule has 2 aromatic heterocycles. The van der Waals surface area contributed by atoms with Gasteiger partial charge in [0.25, 0.3) is 0 Å². The van der Waals surface area contributed by atoms with Gasteiger partial charge < -0.3 is 24.9 Å². The summed E-state index contributed by atoms with van der Waals surface area (Å²) in [7, 11) is -2.19. The predicted octanol–water partition coefficient (Wildman–Crippen LogP) is 8.14. The molecule has 0 aliphatic heterocycles. The summed E-state index contributed by atoms with van der Waals surface area (Å²) in [4.78, 5) is 27.2. The third-order valence-electron chi connectivity index (χ3n) is 11.4. The Kier molecular flexibility index (Phi) is 11.0. The minimum Gasteiger partial charge on any atom is -0.506 e. The van der Waals surface area contributed by atoms with E-state index in [1.165, 1.54) is 11.6 Å². The molecule has 4 N–H and O–H groups in total. The minimum absolute atomic E-state index is 0.00581. The molecule has 10 nitrogen and oxygen atoms in total. The fourth-order valence-corrected chi connectivity index (χ4v) is 8.60. The Morgan fingerprint density at radius 1 is 1.02 bits per heavy atom. The first-order valence-corrected chi connectivity index (χ1v) is 21.6. The largest absolute Gasteiger partial charge is 0.506 e. The molecule has 0 amide bonds. The van der Waals surface area contributed by atoms with Crippen molar-refractivity contribution in [3.63, 3.8) is 0 Å². The summed E-state index contributed by atoms with van der Waals surface area (Å²) < 4.78 is 8.92. The summed E-state index contributed by atoms with van der Waals surface area (Å²) in [5.41, 5.74) is 5.40. The van der Waals surface area contributed by atoms with Crippen molar-refractivity contribution in [1.82, 2.24) is 25.3 Å². The number of fused-ring (bicyclic) bond motifs is 2. The highest BCUT2D eigenvalue weighted by molar-refractivity contribution is 6.74. The summed E-state index contributed by atoms with van der Waals surface area (Å²) in [5, 5.41) is 33.9. The van der Waals surface area contributed by atoms with E-state index < -0.39 is 19.7 Å². The zero-order valence-corrected chi connectivity index (χ0v) is 32.2. The molecule has 1 aliphatic rings. The number of aromatic hydroxyl groups is 1. The number of carbonyl (C=O) groups is 1. The zero-order valence-electron chi connectivity index (χ0n) is 31.2. The van der Waals surface area contributed by atoms with Crippen LogP contribution in [0.15, 0.2) is 71.5 Å². The number of carboxylic acids is 1. The highest BCUT2D eigenvalue weighted by Gasteiger charge is 2.41. The van der Waals surface area contributed by atoms with Crippen LogP contribution in [0.3, 0.4) is 0 Å². The number of hydrogen-bond acceptors (Lipinski definition) is 7. The molecule has 1 atom stereocenters. The van der Waals surface area contributed by atoms with Crippen LogP contribution in [-0.4, -0.2) is 51.0 Å². The van der Waals surface area contributed by atoms with Gasteiger partial charge >= 0.3 is 5.97 Å². The normalized spacial score (nSPS) is 15.6. The Hall–Kier alpha value is -4.32. The lowest BCUT2D eigenvalue weighted by molar-refractivity contribution is -0.145. The monoisotopic (exact) mass is 723 g/mol. The van der Waals surface area contributed by atoms with Gasteiger partial charge in [0.05, 0.1) is 22.6 Å². The number of unbranched alkanes of at least 4 members (excludes halogenated alkanes) is 1. The van der Waals surface area contributed by atoms with Crippen molar-refractivity contribution in [2.45, 2.75) is 115 Å². The topological polar surface area (TPSA) is 142 Å². The van der Waals surface area contributed by atoms with Gasteiger partial charge in [0.2, 0.25) is 5.56 Å². The Morgan fingerprint density at radius 3 is 2.56 bits per heavy atom. The van der Waals surface area contributed by atoms with Crippen LogP contribution in [-0.2, 0) is 34.1 Å². The van der Waals surface area contributed by atoms with E-state index in [0.717, 1.165) is 91.0 Å². The number of aromatic nitrogens is 4. The van der Waals surface area contributed by atoms with Crippen LogP contribution < -0.4 is 10.9 Å². The van der Waals surface area contributed by atoms with Crippen molar-refractivity contribution in [2.24, 2.45) is 0 Å². The number of carboxylic acid groups (broad SMARTS) is 1. The first kappa shape index (κ1) is 37.4. The van der Waals surface area contributed by atoms with Crippen LogP contribution in [0.5, 0.6) is 5.75 Å². The second-order valence-corrected chi connectivity index (χ2v) is 20.8. The van der Waals surface area contributed by atoms with Gasteiger partial charge in [-0.25, -0.2) is 4.68 Å². The quantitative estimate of drug-likeness (QED) is 0.0665. The van der Waals surface area contributed by atoms with Crippen LogP contribution in [0.25, 0.3) is 21.9 Å². The number of aromatic amines is 1. The van der Waals surface area contributed by atoms with Gasteiger partial charge in [-0.05, 0) is 96.8 Å². The molecule has 0 radical (unpaired) electrons. The van der Waals surface area contributed by atoms with Crippen molar-refractivity contribution in [3.8, 4) is 5.75 Å². The number of nitrogens with zero attached hydrogens (tertiary/aromatic N) is 3. The number of benzene rings is 3. The van der Waals surface area contributed by atoms with Crippen LogP contribution in [0, 0.1) is 0 Å². The SMILES string of the molecule is CC(C)(C)[Si](C)(C)O[C@@H](CNCc1ccc2c(c1)nnn2CCCCc1cccc(C2(C(=O)O)CCCCC2)c1)c1ccc(O)c2[nH]c(=O)ccc12. The molecule has 1 aliphatic carbocycles. The van der Waals surface area contributed by atoms with E-state index >= 15 is 0 Å². The molecule has 52 heavy (non-hydrogen) atoms. The van der Waals surface area contributed by atoms with Crippen LogP contribution >= 0.6 is 0 Å². The number of hydrogen-bond donors (Lipinski definition) is 4. The Labute approximate surface area is 306 Å². The maximum absolute atomic E-state index is 12.3. The second kappa shape index (κ2) is 15.3. The molecule has 2 heterocycles. The molecule has 6 rings (SSSR count). The van der Waals surface area contributed by atoms with E-state index in [9.17, 15) is 19.8 Å². The van der Waals surface area contributed by atoms with Crippen molar-refractivity contribution in [2.75, 3.05) is 6.54 Å². The number of aryl methyl sites for hydroxylation is 2. The summed E-state index contributed by atoms with van der Waals surface area (Å²) in [6, 6.07) is 21.3. The lowest BCUT2D eigenvalue weighted by Gasteiger charge is -2.39. The van der Waals surface area contributed by atoms with Gasteiger partial charge in [0.15, 0.2) is 8.32 Å². The van der Waals surface area contributed by atoms with E-state index in [2.05, 4.69) is 84.8 Å². The molecule has 0 saturated heterocycles. The fraction of sp³-hybridized carbons (Fsp3) is 0.463. The van der Waals surface area contributed by atoms with E-state index in [0.29, 0.717) is 18.6 Å². The van der Waals surface area contributed by atoms with Crippen molar-refractivity contribution in [1.29, 1.82) is 0 Å². The fourth-order valence-electron chi connectivity index (χ4n) is 7.32. The number of phenols is 1. The standard InChI is InChI=1S/C41H53N5O5Si/c1-40(2,3)52(4,5)51-36(31-16-19-35(47)38-32(31)17-20-37(48)43-38)27-42-26-29-15-18-34-33(25-29)44-45-46(34)23-10-7-12-28-13-11-14-30(24-28)41(39(49)50)21-8-6-9-22-41/h11,13-20,24-25,36,42,47H,6-10,12,21-23,26-27H2,1-5H3,(H,43,48)(H,49,50)/t36-/m0/s1. The molecular formula is C41H53N5O5Si. The average molecular weight is 724 g/mol. The van der Waals surface area contributed by atoms with Gasteiger partial charge in [-0.15, -0.1) is 5.10 Å². The molecule has 3 aromatic carbocycles. The van der Waals surface area contributed by atoms with Crippen LogP contribution in [0.2, 0.25) is 18.1 Å². The third-order valence-corrected chi connectivity index (χ3v) is 15.9. The van der Waals surface area contributed by atoms with E-state index in [-0.39, 0.29) is 22.5 Å². The summed E-state index contributed by atoms with van der Waals surface area (Å²) >= 11 is 0.